The Morgan fingerprint density at radius 2 is 1.73 bits per heavy atom. The lowest BCUT2D eigenvalue weighted by atomic mass is 10.1. The van der Waals surface area contributed by atoms with Crippen molar-refractivity contribution in [1.82, 2.24) is 0 Å². The number of aromatic hydroxyl groups is 1. The Morgan fingerprint density at radius 1 is 1.05 bits per heavy atom. The highest BCUT2D eigenvalue weighted by atomic mass is 19.3. The number of carbonyl (C=O) groups excluding carboxylic acids is 1. The molecule has 0 radical (unpaired) electrons. The van der Waals surface area contributed by atoms with Crippen molar-refractivity contribution >= 4 is 11.9 Å². The molecule has 0 amide bonds. The average molecular weight is 304 g/mol. The lowest BCUT2D eigenvalue weighted by Gasteiger charge is -2.04. The maximum atomic E-state index is 12.9. The smallest absolute Gasteiger partial charge is 0.508 e. The average Bonchev–Trinajstić information content (AvgIpc) is 2.78. The van der Waals surface area contributed by atoms with Crippen molar-refractivity contribution in [2.24, 2.45) is 0 Å². The molecular weight excluding hydrogens is 294 g/mol. The zero-order valence-corrected chi connectivity index (χ0v) is 11.1. The maximum Gasteiger partial charge on any atom is 0.586 e. The molecule has 1 heterocycles. The van der Waals surface area contributed by atoms with E-state index in [0.717, 1.165) is 0 Å². The molecule has 1 aliphatic rings. The first-order valence-corrected chi connectivity index (χ1v) is 6.34. The molecule has 1 aliphatic heterocycles. The van der Waals surface area contributed by atoms with Gasteiger partial charge in [0.1, 0.15) is 5.75 Å². The number of hydrogen-bond donors (Lipinski definition) is 1. The minimum Gasteiger partial charge on any atom is -0.508 e. The molecule has 0 atom stereocenters. The highest BCUT2D eigenvalue weighted by Gasteiger charge is 2.43. The van der Waals surface area contributed by atoms with E-state index in [1.165, 1.54) is 54.6 Å². The lowest BCUT2D eigenvalue weighted by Crippen LogP contribution is -2.25. The van der Waals surface area contributed by atoms with E-state index < -0.39 is 6.29 Å². The molecule has 0 aliphatic carbocycles. The lowest BCUT2D eigenvalue weighted by molar-refractivity contribution is -0.286. The van der Waals surface area contributed by atoms with Crippen LogP contribution >= 0.6 is 0 Å². The molecule has 2 aromatic rings. The molecule has 0 unspecified atom stereocenters. The predicted octanol–water partition coefficient (Wildman–Crippen LogP) is 3.61. The Bertz CT molecular complexity index is 751. The molecule has 22 heavy (non-hydrogen) atoms. The van der Waals surface area contributed by atoms with Crippen LogP contribution in [0.2, 0.25) is 0 Å². The number of phenols is 1. The number of carbonyl (C=O) groups is 1. The van der Waals surface area contributed by atoms with Crippen LogP contribution in [0.1, 0.15) is 15.9 Å². The highest BCUT2D eigenvalue weighted by molar-refractivity contribution is 6.06. The van der Waals surface area contributed by atoms with Crippen LogP contribution < -0.4 is 9.47 Å². The molecule has 4 nitrogen and oxygen atoms in total. The summed E-state index contributed by atoms with van der Waals surface area (Å²) in [4.78, 5) is 11.9. The number of hydrogen-bond acceptors (Lipinski definition) is 4. The van der Waals surface area contributed by atoms with Gasteiger partial charge >= 0.3 is 6.29 Å². The maximum absolute atomic E-state index is 12.9. The number of halogens is 2. The van der Waals surface area contributed by atoms with Gasteiger partial charge in [0, 0.05) is 5.56 Å². The zero-order valence-electron chi connectivity index (χ0n) is 11.1. The van der Waals surface area contributed by atoms with Crippen LogP contribution in [-0.2, 0) is 0 Å². The first-order valence-electron chi connectivity index (χ1n) is 6.34. The van der Waals surface area contributed by atoms with Crippen molar-refractivity contribution in [3.8, 4) is 17.2 Å². The summed E-state index contributed by atoms with van der Waals surface area (Å²) in [5, 5.41) is 9.16. The molecule has 1 N–H and O–H groups in total. The third kappa shape index (κ3) is 2.90. The van der Waals surface area contributed by atoms with E-state index in [9.17, 15) is 13.6 Å². The molecular formula is C16H10F2O4. The van der Waals surface area contributed by atoms with E-state index in [4.69, 9.17) is 5.11 Å². The third-order valence-electron chi connectivity index (χ3n) is 3.00. The van der Waals surface area contributed by atoms with Gasteiger partial charge in [-0.05, 0) is 48.0 Å². The van der Waals surface area contributed by atoms with Gasteiger partial charge in [-0.25, -0.2) is 0 Å². The first kappa shape index (κ1) is 14.1. The molecule has 0 fully saturated rings. The molecule has 0 bridgehead atoms. The van der Waals surface area contributed by atoms with E-state index in [2.05, 4.69) is 9.47 Å². The van der Waals surface area contributed by atoms with Gasteiger partial charge in [0.15, 0.2) is 17.3 Å². The van der Waals surface area contributed by atoms with E-state index in [1.807, 2.05) is 0 Å². The molecule has 0 spiro atoms. The standard InChI is InChI=1S/C16H10F2O4/c17-16(18)21-14-8-2-10(9-15(14)22-16)1-7-13(20)11-3-5-12(19)6-4-11/h1-9,19H/b7-1+. The minimum atomic E-state index is -3.66. The Balaban J connectivity index is 1.76. The molecule has 0 saturated carbocycles. The fourth-order valence-corrected chi connectivity index (χ4v) is 1.96. The third-order valence-corrected chi connectivity index (χ3v) is 3.00. The van der Waals surface area contributed by atoms with Gasteiger partial charge in [-0.2, -0.15) is 0 Å². The largest absolute Gasteiger partial charge is 0.586 e. The number of rotatable bonds is 3. The Morgan fingerprint density at radius 3 is 2.45 bits per heavy atom. The van der Waals surface area contributed by atoms with Crippen LogP contribution in [-0.4, -0.2) is 17.2 Å². The molecule has 0 saturated heterocycles. The zero-order chi connectivity index (χ0) is 15.7. The number of ketones is 1. The van der Waals surface area contributed by atoms with Crippen molar-refractivity contribution < 1.29 is 28.2 Å². The Hall–Kier alpha value is -2.89. The SMILES string of the molecule is O=C(/C=C/c1ccc2c(c1)OC(F)(F)O2)c1ccc(O)cc1. The quantitative estimate of drug-likeness (QED) is 0.695. The van der Waals surface area contributed by atoms with Crippen molar-refractivity contribution in [2.45, 2.75) is 6.29 Å². The minimum absolute atomic E-state index is 0.0491. The second kappa shape index (κ2) is 5.14. The number of ether oxygens (including phenoxy) is 2. The van der Waals surface area contributed by atoms with Crippen LogP contribution in [0.3, 0.4) is 0 Å². The van der Waals surface area contributed by atoms with Crippen molar-refractivity contribution in [3.63, 3.8) is 0 Å². The summed E-state index contributed by atoms with van der Waals surface area (Å²) < 4.78 is 34.4. The van der Waals surface area contributed by atoms with Crippen molar-refractivity contribution in [3.05, 3.63) is 59.7 Å². The summed E-state index contributed by atoms with van der Waals surface area (Å²) in [6.45, 7) is 0. The summed E-state index contributed by atoms with van der Waals surface area (Å²) >= 11 is 0. The predicted molar refractivity (Wildman–Crippen MR) is 74.1 cm³/mol. The number of allylic oxidation sites excluding steroid dienone is 1. The van der Waals surface area contributed by atoms with Crippen LogP contribution in [0.5, 0.6) is 17.2 Å². The van der Waals surface area contributed by atoms with Crippen LogP contribution in [0.25, 0.3) is 6.08 Å². The summed E-state index contributed by atoms with van der Waals surface area (Å²) in [6, 6.07) is 10.0. The van der Waals surface area contributed by atoms with Crippen LogP contribution in [0.4, 0.5) is 8.78 Å². The van der Waals surface area contributed by atoms with Gasteiger partial charge in [-0.15, -0.1) is 8.78 Å². The molecule has 112 valence electrons. The normalized spacial score (nSPS) is 15.2. The Kier molecular flexibility index (Phi) is 3.29. The second-order valence-corrected chi connectivity index (χ2v) is 4.62. The molecule has 6 heteroatoms. The van der Waals surface area contributed by atoms with Gasteiger partial charge in [0.25, 0.3) is 0 Å². The fourth-order valence-electron chi connectivity index (χ4n) is 1.96. The van der Waals surface area contributed by atoms with E-state index in [0.29, 0.717) is 11.1 Å². The van der Waals surface area contributed by atoms with E-state index in [-0.39, 0.29) is 23.0 Å². The van der Waals surface area contributed by atoms with E-state index >= 15 is 0 Å². The van der Waals surface area contributed by atoms with Gasteiger partial charge in [0.05, 0.1) is 0 Å². The number of benzene rings is 2. The second-order valence-electron chi connectivity index (χ2n) is 4.62. The molecule has 2 aromatic carbocycles. The molecule has 3 rings (SSSR count). The fraction of sp³-hybridized carbons (Fsp3) is 0.0625. The Labute approximate surface area is 124 Å². The van der Waals surface area contributed by atoms with Gasteiger partial charge in [-0.3, -0.25) is 4.79 Å². The number of phenolic OH excluding ortho intramolecular Hbond substituents is 1. The first-order chi connectivity index (χ1) is 10.4. The van der Waals surface area contributed by atoms with E-state index in [1.54, 1.807) is 0 Å². The highest BCUT2D eigenvalue weighted by Crippen LogP contribution is 2.41. The summed E-state index contributed by atoms with van der Waals surface area (Å²) in [5.74, 6) is -0.337. The van der Waals surface area contributed by atoms with Crippen LogP contribution in [0, 0.1) is 0 Å². The van der Waals surface area contributed by atoms with Crippen molar-refractivity contribution in [2.75, 3.05) is 0 Å². The topological polar surface area (TPSA) is 55.8 Å². The van der Waals surface area contributed by atoms with Crippen molar-refractivity contribution in [1.29, 1.82) is 0 Å². The number of alkyl halides is 2. The number of fused-ring (bicyclic) bond motifs is 1. The summed E-state index contributed by atoms with van der Waals surface area (Å²) in [6.07, 6.45) is -0.871. The van der Waals surface area contributed by atoms with Crippen LogP contribution in [0.15, 0.2) is 48.5 Å². The molecule has 0 aromatic heterocycles. The van der Waals surface area contributed by atoms with Gasteiger partial charge < -0.3 is 14.6 Å². The van der Waals surface area contributed by atoms with Gasteiger partial charge in [0.2, 0.25) is 0 Å². The summed E-state index contributed by atoms with van der Waals surface area (Å²) in [7, 11) is 0. The van der Waals surface area contributed by atoms with Gasteiger partial charge in [-0.1, -0.05) is 12.1 Å². The summed E-state index contributed by atoms with van der Waals surface area (Å²) in [5.41, 5.74) is 0.925. The monoisotopic (exact) mass is 304 g/mol.